The number of halogens is 1. The number of fused-ring (bicyclic) bond motifs is 1. The number of aliphatic hydroxyl groups excluding tert-OH is 1. The van der Waals surface area contributed by atoms with Crippen LogP contribution in [0.15, 0.2) is 0 Å². The van der Waals surface area contributed by atoms with Crippen LogP contribution in [0, 0.1) is 5.92 Å². The highest BCUT2D eigenvalue weighted by molar-refractivity contribution is 6.27. The predicted molar refractivity (Wildman–Crippen MR) is 58.8 cm³/mol. The molecule has 0 unspecified atom stereocenters. The summed E-state index contributed by atoms with van der Waals surface area (Å²) in [5, 5.41) is 9.29. The van der Waals surface area contributed by atoms with Gasteiger partial charge in [0.15, 0.2) is 0 Å². The lowest BCUT2D eigenvalue weighted by Crippen LogP contribution is -2.45. The number of carbonyl (C=O) groups is 1. The van der Waals surface area contributed by atoms with E-state index in [-0.39, 0.29) is 24.4 Å². The molecule has 1 aliphatic carbocycles. The fraction of sp³-hybridized carbons (Fsp3) is 0.909. The van der Waals surface area contributed by atoms with Gasteiger partial charge in [-0.25, -0.2) is 0 Å². The molecule has 0 aromatic heterocycles. The molecule has 2 rings (SSSR count). The smallest absolute Gasteiger partial charge is 0.238 e. The van der Waals surface area contributed by atoms with E-state index in [0.717, 1.165) is 12.8 Å². The summed E-state index contributed by atoms with van der Waals surface area (Å²) in [6, 6.07) is 0.367. The molecular weight excluding hydrogens is 214 g/mol. The Morgan fingerprint density at radius 2 is 2.13 bits per heavy atom. The second-order valence-corrected chi connectivity index (χ2v) is 4.89. The first-order valence-corrected chi connectivity index (χ1v) is 6.29. The summed E-state index contributed by atoms with van der Waals surface area (Å²) in [6.45, 7) is 0.0790. The van der Waals surface area contributed by atoms with Gasteiger partial charge >= 0.3 is 0 Å². The van der Waals surface area contributed by atoms with Gasteiger partial charge in [0, 0.05) is 6.04 Å². The molecule has 0 radical (unpaired) electrons. The van der Waals surface area contributed by atoms with Crippen molar-refractivity contribution in [2.75, 3.05) is 12.5 Å². The van der Waals surface area contributed by atoms with Crippen molar-refractivity contribution in [1.29, 1.82) is 0 Å². The van der Waals surface area contributed by atoms with Crippen LogP contribution < -0.4 is 0 Å². The van der Waals surface area contributed by atoms with Crippen molar-refractivity contribution in [1.82, 2.24) is 4.90 Å². The van der Waals surface area contributed by atoms with Crippen LogP contribution in [0.3, 0.4) is 0 Å². The Morgan fingerprint density at radius 1 is 1.40 bits per heavy atom. The van der Waals surface area contributed by atoms with E-state index in [0.29, 0.717) is 12.0 Å². The quantitative estimate of drug-likeness (QED) is 0.730. The van der Waals surface area contributed by atoms with Gasteiger partial charge in [0.1, 0.15) is 5.88 Å². The number of rotatable bonds is 2. The molecule has 0 spiro atoms. The van der Waals surface area contributed by atoms with Crippen LogP contribution in [0.1, 0.15) is 32.1 Å². The highest BCUT2D eigenvalue weighted by atomic mass is 35.5. The molecule has 3 atom stereocenters. The van der Waals surface area contributed by atoms with E-state index < -0.39 is 0 Å². The Bertz CT molecular complexity index is 247. The minimum atomic E-state index is -0.00915. The van der Waals surface area contributed by atoms with Crippen molar-refractivity contribution >= 4 is 17.5 Å². The summed E-state index contributed by atoms with van der Waals surface area (Å²) in [7, 11) is 0. The van der Waals surface area contributed by atoms with E-state index in [1.807, 2.05) is 4.90 Å². The molecule has 1 saturated heterocycles. The van der Waals surface area contributed by atoms with E-state index in [9.17, 15) is 9.90 Å². The summed E-state index contributed by atoms with van der Waals surface area (Å²) < 4.78 is 0. The predicted octanol–water partition coefficient (Wildman–Crippen LogP) is 1.38. The van der Waals surface area contributed by atoms with Crippen molar-refractivity contribution in [2.24, 2.45) is 5.92 Å². The third kappa shape index (κ3) is 2.00. The van der Waals surface area contributed by atoms with Gasteiger partial charge in [0.25, 0.3) is 0 Å². The fourth-order valence-electron chi connectivity index (χ4n) is 3.18. The van der Waals surface area contributed by atoms with E-state index >= 15 is 0 Å². The summed E-state index contributed by atoms with van der Waals surface area (Å²) in [6.07, 6.45) is 5.72. The molecule has 3 nitrogen and oxygen atoms in total. The first-order chi connectivity index (χ1) is 7.27. The number of hydrogen-bond acceptors (Lipinski definition) is 2. The number of aliphatic hydroxyl groups is 1. The molecule has 86 valence electrons. The highest BCUT2D eigenvalue weighted by Crippen LogP contribution is 2.39. The molecule has 15 heavy (non-hydrogen) atoms. The van der Waals surface area contributed by atoms with Crippen LogP contribution in [-0.4, -0.2) is 40.5 Å². The molecule has 1 N–H and O–H groups in total. The van der Waals surface area contributed by atoms with Crippen LogP contribution in [0.2, 0.25) is 0 Å². The van der Waals surface area contributed by atoms with Crippen molar-refractivity contribution in [3.8, 4) is 0 Å². The molecule has 1 heterocycles. The third-order valence-electron chi connectivity index (χ3n) is 3.81. The summed E-state index contributed by atoms with van der Waals surface area (Å²) >= 11 is 5.61. The molecule has 0 aromatic carbocycles. The molecule has 4 heteroatoms. The van der Waals surface area contributed by atoms with Crippen LogP contribution in [0.5, 0.6) is 0 Å². The maximum Gasteiger partial charge on any atom is 0.238 e. The minimum Gasteiger partial charge on any atom is -0.394 e. The number of alkyl halides is 1. The Hall–Kier alpha value is -0.280. The molecule has 0 aromatic rings. The monoisotopic (exact) mass is 231 g/mol. The van der Waals surface area contributed by atoms with Gasteiger partial charge in [-0.15, -0.1) is 11.6 Å². The lowest BCUT2D eigenvalue weighted by atomic mass is 9.85. The van der Waals surface area contributed by atoms with E-state index in [2.05, 4.69) is 0 Å². The van der Waals surface area contributed by atoms with Crippen LogP contribution in [0.4, 0.5) is 0 Å². The highest BCUT2D eigenvalue weighted by Gasteiger charge is 2.43. The van der Waals surface area contributed by atoms with Gasteiger partial charge in [0.05, 0.1) is 12.6 Å². The maximum atomic E-state index is 11.7. The second-order valence-electron chi connectivity index (χ2n) is 4.62. The van der Waals surface area contributed by atoms with E-state index in [1.165, 1.54) is 19.3 Å². The van der Waals surface area contributed by atoms with Crippen LogP contribution >= 0.6 is 11.6 Å². The zero-order valence-electron chi connectivity index (χ0n) is 8.86. The Balaban J connectivity index is 2.13. The van der Waals surface area contributed by atoms with Gasteiger partial charge in [0.2, 0.25) is 5.91 Å². The van der Waals surface area contributed by atoms with Gasteiger partial charge in [-0.05, 0) is 25.2 Å². The Morgan fingerprint density at radius 3 is 2.80 bits per heavy atom. The largest absolute Gasteiger partial charge is 0.394 e. The van der Waals surface area contributed by atoms with Gasteiger partial charge < -0.3 is 10.0 Å². The average Bonchev–Trinajstić information content (AvgIpc) is 2.66. The second kappa shape index (κ2) is 4.71. The number of hydrogen-bond donors (Lipinski definition) is 1. The maximum absolute atomic E-state index is 11.7. The molecule has 1 amide bonds. The first-order valence-electron chi connectivity index (χ1n) is 5.76. The normalized spacial score (nSPS) is 35.3. The lowest BCUT2D eigenvalue weighted by Gasteiger charge is -2.33. The fourth-order valence-corrected chi connectivity index (χ4v) is 3.32. The number of likely N-dealkylation sites (tertiary alicyclic amines) is 1. The van der Waals surface area contributed by atoms with Gasteiger partial charge in [-0.3, -0.25) is 4.79 Å². The molecule has 1 aliphatic heterocycles. The SMILES string of the molecule is O=C(CCl)N1[C@H](CO)C[C@@H]2CCCC[C@@H]21. The molecule has 0 bridgehead atoms. The topological polar surface area (TPSA) is 40.5 Å². The summed E-state index contributed by atoms with van der Waals surface area (Å²) in [5.74, 6) is 0.632. The molecule has 1 saturated carbocycles. The third-order valence-corrected chi connectivity index (χ3v) is 4.04. The zero-order valence-corrected chi connectivity index (χ0v) is 9.62. The van der Waals surface area contributed by atoms with Crippen molar-refractivity contribution in [2.45, 2.75) is 44.2 Å². The number of nitrogens with zero attached hydrogens (tertiary/aromatic N) is 1. The molecule has 2 fully saturated rings. The standard InChI is InChI=1S/C11H18ClNO2/c12-6-11(15)13-9(7-14)5-8-3-1-2-4-10(8)13/h8-10,14H,1-7H2/t8-,9-,10-/m0/s1. The zero-order chi connectivity index (χ0) is 10.8. The summed E-state index contributed by atoms with van der Waals surface area (Å²) in [4.78, 5) is 13.6. The summed E-state index contributed by atoms with van der Waals surface area (Å²) in [5.41, 5.74) is 0. The van der Waals surface area contributed by atoms with Crippen LogP contribution in [0.25, 0.3) is 0 Å². The van der Waals surface area contributed by atoms with Crippen molar-refractivity contribution in [3.63, 3.8) is 0 Å². The number of carbonyl (C=O) groups excluding carboxylic acids is 1. The van der Waals surface area contributed by atoms with Crippen molar-refractivity contribution in [3.05, 3.63) is 0 Å². The minimum absolute atomic E-state index is 0.00915. The first kappa shape index (κ1) is 11.2. The number of amides is 1. The van der Waals surface area contributed by atoms with E-state index in [4.69, 9.17) is 11.6 Å². The average molecular weight is 232 g/mol. The van der Waals surface area contributed by atoms with Gasteiger partial charge in [-0.1, -0.05) is 12.8 Å². The molecular formula is C11H18ClNO2. The van der Waals surface area contributed by atoms with Gasteiger partial charge in [-0.2, -0.15) is 0 Å². The lowest BCUT2D eigenvalue weighted by molar-refractivity contribution is -0.132. The molecule has 2 aliphatic rings. The van der Waals surface area contributed by atoms with E-state index in [1.54, 1.807) is 0 Å². The Labute approximate surface area is 95.4 Å². The van der Waals surface area contributed by atoms with Crippen LogP contribution in [-0.2, 0) is 4.79 Å². The Kier molecular flexibility index (Phi) is 3.52. The van der Waals surface area contributed by atoms with Crippen molar-refractivity contribution < 1.29 is 9.90 Å².